The third kappa shape index (κ3) is 3.53. The van der Waals surface area contributed by atoms with E-state index in [9.17, 15) is 5.11 Å². The van der Waals surface area contributed by atoms with Gasteiger partial charge in [0.15, 0.2) is 0 Å². The van der Waals surface area contributed by atoms with Crippen LogP contribution in [0.1, 0.15) is 19.8 Å². The molecule has 0 radical (unpaired) electrons. The van der Waals surface area contributed by atoms with Gasteiger partial charge in [0, 0.05) is 32.7 Å². The molecule has 0 bridgehead atoms. The molecule has 2 atom stereocenters. The maximum absolute atomic E-state index is 9.98. The number of ether oxygens (including phenoxy) is 2. The van der Waals surface area contributed by atoms with Gasteiger partial charge in [-0.25, -0.2) is 0 Å². The molecule has 2 N–H and O–H groups in total. The fraction of sp³-hybridized carbons (Fsp3) is 1.00. The maximum atomic E-state index is 9.98. The molecule has 1 rings (SSSR count). The van der Waals surface area contributed by atoms with Crippen LogP contribution in [-0.4, -0.2) is 50.2 Å². The zero-order valence-electron chi connectivity index (χ0n) is 9.08. The van der Waals surface area contributed by atoms with Gasteiger partial charge in [-0.05, 0) is 6.42 Å². The largest absolute Gasteiger partial charge is 0.386 e. The Balaban J connectivity index is 2.23. The van der Waals surface area contributed by atoms with Crippen molar-refractivity contribution in [3.05, 3.63) is 0 Å². The highest BCUT2D eigenvalue weighted by Gasteiger charge is 2.32. The predicted molar refractivity (Wildman–Crippen MR) is 54.3 cm³/mol. The molecule has 1 aliphatic heterocycles. The van der Waals surface area contributed by atoms with Gasteiger partial charge in [-0.2, -0.15) is 0 Å². The molecule has 1 fully saturated rings. The van der Waals surface area contributed by atoms with Crippen molar-refractivity contribution in [2.45, 2.75) is 31.4 Å². The molecule has 0 amide bonds. The van der Waals surface area contributed by atoms with Gasteiger partial charge >= 0.3 is 0 Å². The normalized spacial score (nSPS) is 29.4. The zero-order valence-corrected chi connectivity index (χ0v) is 9.08. The standard InChI is InChI=1S/C10H21NO3/c1-3-9(6-13-2)11-7-10(12)4-5-14-8-10/h9,11-12H,3-8H2,1-2H3. The molecule has 4 heteroatoms. The minimum Gasteiger partial charge on any atom is -0.386 e. The third-order valence-corrected chi connectivity index (χ3v) is 2.66. The highest BCUT2D eigenvalue weighted by molar-refractivity contribution is 4.86. The molecule has 1 heterocycles. The molecule has 84 valence electrons. The van der Waals surface area contributed by atoms with Crippen LogP contribution in [-0.2, 0) is 9.47 Å². The summed E-state index contributed by atoms with van der Waals surface area (Å²) in [5, 5.41) is 13.3. The van der Waals surface area contributed by atoms with Crippen LogP contribution < -0.4 is 5.32 Å². The first-order valence-electron chi connectivity index (χ1n) is 5.22. The van der Waals surface area contributed by atoms with E-state index in [0.29, 0.717) is 32.4 Å². The molecular weight excluding hydrogens is 182 g/mol. The molecule has 1 aliphatic rings. The lowest BCUT2D eigenvalue weighted by molar-refractivity contribution is 0.0218. The number of methoxy groups -OCH3 is 1. The van der Waals surface area contributed by atoms with E-state index in [0.717, 1.165) is 12.8 Å². The molecular formula is C10H21NO3. The highest BCUT2D eigenvalue weighted by Crippen LogP contribution is 2.17. The fourth-order valence-electron chi connectivity index (χ4n) is 1.59. The lowest BCUT2D eigenvalue weighted by atomic mass is 10.0. The Hall–Kier alpha value is -0.160. The number of nitrogens with one attached hydrogen (secondary N) is 1. The maximum Gasteiger partial charge on any atom is 0.103 e. The van der Waals surface area contributed by atoms with E-state index in [4.69, 9.17) is 9.47 Å². The fourth-order valence-corrected chi connectivity index (χ4v) is 1.59. The number of hydrogen-bond acceptors (Lipinski definition) is 4. The number of aliphatic hydroxyl groups is 1. The molecule has 0 aromatic heterocycles. The quantitative estimate of drug-likeness (QED) is 0.645. The minimum absolute atomic E-state index is 0.324. The second kappa shape index (κ2) is 5.66. The number of hydrogen-bond donors (Lipinski definition) is 2. The Labute approximate surface area is 85.6 Å². The Bertz CT molecular complexity index is 157. The first-order valence-corrected chi connectivity index (χ1v) is 5.22. The Kier molecular flexibility index (Phi) is 4.81. The van der Waals surface area contributed by atoms with Gasteiger partial charge in [0.05, 0.1) is 13.2 Å². The predicted octanol–water partition coefficient (Wildman–Crippen LogP) is 0.152. The Morgan fingerprint density at radius 3 is 2.93 bits per heavy atom. The van der Waals surface area contributed by atoms with Crippen molar-refractivity contribution < 1.29 is 14.6 Å². The summed E-state index contributed by atoms with van der Waals surface area (Å²) in [4.78, 5) is 0. The van der Waals surface area contributed by atoms with Crippen molar-refractivity contribution in [3.8, 4) is 0 Å². The molecule has 1 saturated heterocycles. The summed E-state index contributed by atoms with van der Waals surface area (Å²) in [6.45, 7) is 4.50. The highest BCUT2D eigenvalue weighted by atomic mass is 16.5. The summed E-state index contributed by atoms with van der Waals surface area (Å²) in [6, 6.07) is 0.324. The van der Waals surface area contributed by atoms with Crippen molar-refractivity contribution in [3.63, 3.8) is 0 Å². The van der Waals surface area contributed by atoms with Gasteiger partial charge in [0.25, 0.3) is 0 Å². The summed E-state index contributed by atoms with van der Waals surface area (Å²) in [6.07, 6.45) is 1.73. The molecule has 0 aromatic carbocycles. The van der Waals surface area contributed by atoms with Gasteiger partial charge < -0.3 is 19.9 Å². The summed E-state index contributed by atoms with van der Waals surface area (Å²) in [5.74, 6) is 0. The van der Waals surface area contributed by atoms with Crippen LogP contribution in [0.2, 0.25) is 0 Å². The van der Waals surface area contributed by atoms with Gasteiger partial charge in [0.2, 0.25) is 0 Å². The van der Waals surface area contributed by atoms with Crippen LogP contribution in [0.5, 0.6) is 0 Å². The van der Waals surface area contributed by atoms with E-state index < -0.39 is 5.60 Å². The lowest BCUT2D eigenvalue weighted by Crippen LogP contribution is -2.46. The van der Waals surface area contributed by atoms with E-state index >= 15 is 0 Å². The van der Waals surface area contributed by atoms with E-state index in [1.165, 1.54) is 0 Å². The van der Waals surface area contributed by atoms with E-state index in [1.54, 1.807) is 7.11 Å². The average Bonchev–Trinajstić information content (AvgIpc) is 2.60. The van der Waals surface area contributed by atoms with Crippen LogP contribution in [0.3, 0.4) is 0 Å². The van der Waals surface area contributed by atoms with E-state index in [2.05, 4.69) is 12.2 Å². The second-order valence-corrected chi connectivity index (χ2v) is 3.97. The van der Waals surface area contributed by atoms with Crippen LogP contribution >= 0.6 is 0 Å². The molecule has 0 aromatic rings. The Morgan fingerprint density at radius 2 is 2.43 bits per heavy atom. The minimum atomic E-state index is -0.666. The molecule has 4 nitrogen and oxygen atoms in total. The lowest BCUT2D eigenvalue weighted by Gasteiger charge is -2.24. The van der Waals surface area contributed by atoms with Gasteiger partial charge in [-0.3, -0.25) is 0 Å². The molecule has 0 saturated carbocycles. The smallest absolute Gasteiger partial charge is 0.103 e. The first kappa shape index (κ1) is 11.9. The van der Waals surface area contributed by atoms with Gasteiger partial charge in [-0.15, -0.1) is 0 Å². The first-order chi connectivity index (χ1) is 6.70. The van der Waals surface area contributed by atoms with E-state index in [1.807, 2.05) is 0 Å². The van der Waals surface area contributed by atoms with E-state index in [-0.39, 0.29) is 0 Å². The summed E-state index contributed by atoms with van der Waals surface area (Å²) < 4.78 is 10.2. The summed E-state index contributed by atoms with van der Waals surface area (Å²) in [5.41, 5.74) is -0.666. The summed E-state index contributed by atoms with van der Waals surface area (Å²) >= 11 is 0. The molecule has 14 heavy (non-hydrogen) atoms. The SMILES string of the molecule is CCC(COC)NCC1(O)CCOC1. The van der Waals surface area contributed by atoms with Crippen LogP contribution in [0.15, 0.2) is 0 Å². The van der Waals surface area contributed by atoms with Crippen molar-refractivity contribution in [2.24, 2.45) is 0 Å². The molecule has 0 aliphatic carbocycles. The molecule has 2 unspecified atom stereocenters. The molecule has 0 spiro atoms. The van der Waals surface area contributed by atoms with Crippen molar-refractivity contribution in [2.75, 3.05) is 33.5 Å². The van der Waals surface area contributed by atoms with Crippen molar-refractivity contribution in [1.29, 1.82) is 0 Å². The van der Waals surface area contributed by atoms with Crippen molar-refractivity contribution in [1.82, 2.24) is 5.32 Å². The van der Waals surface area contributed by atoms with Gasteiger partial charge in [0.1, 0.15) is 5.60 Å². The summed E-state index contributed by atoms with van der Waals surface area (Å²) in [7, 11) is 1.69. The third-order valence-electron chi connectivity index (χ3n) is 2.66. The zero-order chi connectivity index (χ0) is 10.4. The monoisotopic (exact) mass is 203 g/mol. The second-order valence-electron chi connectivity index (χ2n) is 3.97. The Morgan fingerprint density at radius 1 is 1.64 bits per heavy atom. The van der Waals surface area contributed by atoms with Crippen LogP contribution in [0, 0.1) is 0 Å². The van der Waals surface area contributed by atoms with Crippen LogP contribution in [0.25, 0.3) is 0 Å². The van der Waals surface area contributed by atoms with Crippen molar-refractivity contribution >= 4 is 0 Å². The van der Waals surface area contributed by atoms with Gasteiger partial charge in [-0.1, -0.05) is 6.92 Å². The number of rotatable bonds is 6. The average molecular weight is 203 g/mol. The topological polar surface area (TPSA) is 50.7 Å². The van der Waals surface area contributed by atoms with Crippen LogP contribution in [0.4, 0.5) is 0 Å².